The molecule has 0 fully saturated rings. The molecular formula is C12H23F3N2O2S. The molecule has 20 heavy (non-hydrogen) atoms. The van der Waals surface area contributed by atoms with Crippen molar-refractivity contribution in [1.29, 1.82) is 0 Å². The molecule has 120 valence electrons. The number of alkyl halides is 2. The summed E-state index contributed by atoms with van der Waals surface area (Å²) in [7, 11) is 0. The second-order valence-corrected chi connectivity index (χ2v) is 5.78. The highest BCUT2D eigenvalue weighted by atomic mass is 32.2. The molecule has 8 heteroatoms. The fraction of sp³-hybridized carbons (Fsp3) is 0.917. The van der Waals surface area contributed by atoms with Crippen LogP contribution >= 0.6 is 11.8 Å². The predicted octanol–water partition coefficient (Wildman–Crippen LogP) is 3.12. The molecule has 2 N–H and O–H groups in total. The Kier molecular flexibility index (Phi) is 10.0. The summed E-state index contributed by atoms with van der Waals surface area (Å²) in [4.78, 5) is 3.94. The lowest BCUT2D eigenvalue weighted by atomic mass is 10.2. The van der Waals surface area contributed by atoms with E-state index < -0.39 is 24.1 Å². The topological polar surface area (TPSA) is 53.9 Å². The van der Waals surface area contributed by atoms with E-state index in [-0.39, 0.29) is 5.17 Å². The van der Waals surface area contributed by atoms with E-state index in [1.165, 1.54) is 5.54 Å². The predicted molar refractivity (Wildman–Crippen MR) is 75.7 cm³/mol. The van der Waals surface area contributed by atoms with Gasteiger partial charge in [0.15, 0.2) is 5.17 Å². The number of nitrogens with one attached hydrogen (secondary N) is 1. The van der Waals surface area contributed by atoms with Gasteiger partial charge >= 0.3 is 0 Å². The van der Waals surface area contributed by atoms with Crippen molar-refractivity contribution in [3.63, 3.8) is 0 Å². The van der Waals surface area contributed by atoms with Gasteiger partial charge in [-0.2, -0.15) is 0 Å². The third kappa shape index (κ3) is 11.4. The van der Waals surface area contributed by atoms with Crippen LogP contribution in [0.5, 0.6) is 0 Å². The van der Waals surface area contributed by atoms with Crippen molar-refractivity contribution in [2.24, 2.45) is 4.99 Å². The third-order valence-electron chi connectivity index (χ3n) is 2.15. The summed E-state index contributed by atoms with van der Waals surface area (Å²) in [6.07, 6.45) is 0.877. The number of nitrogens with zero attached hydrogens (tertiary/aromatic N) is 1. The van der Waals surface area contributed by atoms with Crippen molar-refractivity contribution in [2.45, 2.75) is 57.5 Å². The first-order valence-corrected chi connectivity index (χ1v) is 7.41. The van der Waals surface area contributed by atoms with Crippen LogP contribution in [0, 0.1) is 0 Å². The van der Waals surface area contributed by atoms with Crippen LogP contribution in [0.1, 0.15) is 40.0 Å². The van der Waals surface area contributed by atoms with E-state index in [0.717, 1.165) is 25.1 Å². The van der Waals surface area contributed by atoms with E-state index >= 15 is 0 Å². The van der Waals surface area contributed by atoms with Crippen LogP contribution in [0.25, 0.3) is 0 Å². The van der Waals surface area contributed by atoms with Gasteiger partial charge in [-0.3, -0.25) is 4.99 Å². The Balaban J connectivity index is 4.48. The minimum atomic E-state index is -2.95. The lowest BCUT2D eigenvalue weighted by molar-refractivity contribution is -0.0708. The van der Waals surface area contributed by atoms with Crippen molar-refractivity contribution in [1.82, 2.24) is 5.54 Å². The lowest BCUT2D eigenvalue weighted by Crippen LogP contribution is -2.26. The zero-order chi connectivity index (χ0) is 15.6. The second-order valence-electron chi connectivity index (χ2n) is 4.64. The molecule has 0 aromatic rings. The maximum absolute atomic E-state index is 12.8. The smallest absolute Gasteiger partial charge is 0.268 e. The molecule has 4 nitrogen and oxygen atoms in total. The largest absolute Gasteiger partial charge is 0.393 e. The molecule has 0 amide bonds. The van der Waals surface area contributed by atoms with Gasteiger partial charge in [0.05, 0.1) is 6.10 Å². The third-order valence-corrected chi connectivity index (χ3v) is 3.21. The van der Waals surface area contributed by atoms with Crippen LogP contribution in [0.2, 0.25) is 0 Å². The molecule has 0 aliphatic rings. The number of aliphatic imine (C=N–C) groups is 1. The summed E-state index contributed by atoms with van der Waals surface area (Å²) in [6, 6.07) is 0. The van der Waals surface area contributed by atoms with Crippen LogP contribution in [0.15, 0.2) is 4.99 Å². The van der Waals surface area contributed by atoms with Crippen molar-refractivity contribution in [3.8, 4) is 0 Å². The van der Waals surface area contributed by atoms with Gasteiger partial charge in [-0.25, -0.2) is 14.3 Å². The summed E-state index contributed by atoms with van der Waals surface area (Å²) in [6.45, 7) is 3.92. The molecule has 0 saturated carbocycles. The van der Waals surface area contributed by atoms with E-state index in [2.05, 4.69) is 4.99 Å². The number of thioether (sulfide) groups is 1. The maximum atomic E-state index is 12.8. The zero-order valence-corrected chi connectivity index (χ0v) is 12.9. The van der Waals surface area contributed by atoms with Crippen LogP contribution in [0.3, 0.4) is 0 Å². The summed E-state index contributed by atoms with van der Waals surface area (Å²) in [5.41, 5.74) is 0.749. The monoisotopic (exact) mass is 316 g/mol. The van der Waals surface area contributed by atoms with Gasteiger partial charge in [0.2, 0.25) is 0 Å². The van der Waals surface area contributed by atoms with Gasteiger partial charge in [0.25, 0.3) is 5.92 Å². The van der Waals surface area contributed by atoms with Crippen molar-refractivity contribution in [3.05, 3.63) is 0 Å². The molecule has 0 aliphatic carbocycles. The number of hydrogen-bond donors (Lipinski definition) is 2. The fourth-order valence-corrected chi connectivity index (χ4v) is 2.07. The Morgan fingerprint density at radius 3 is 2.55 bits per heavy atom. The van der Waals surface area contributed by atoms with E-state index in [1.54, 1.807) is 6.92 Å². The summed E-state index contributed by atoms with van der Waals surface area (Å²) >= 11 is 0.910. The quantitative estimate of drug-likeness (QED) is 0.297. The van der Waals surface area contributed by atoms with Gasteiger partial charge in [0.1, 0.15) is 12.0 Å². The molecule has 0 spiro atoms. The Bertz CT molecular complexity index is 286. The number of amidine groups is 1. The number of hydrogen-bond acceptors (Lipinski definition) is 4. The number of aliphatic hydroxyl groups excluding tert-OH is 1. The normalized spacial score (nSPS) is 16.1. The molecule has 0 unspecified atom stereocenters. The molecule has 0 aliphatic heterocycles. The molecule has 0 aromatic heterocycles. The van der Waals surface area contributed by atoms with Gasteiger partial charge in [-0.05, 0) is 26.2 Å². The van der Waals surface area contributed by atoms with Crippen molar-refractivity contribution >= 4 is 16.9 Å². The summed E-state index contributed by atoms with van der Waals surface area (Å²) in [5.74, 6) is -2.95. The highest BCUT2D eigenvalue weighted by molar-refractivity contribution is 8.14. The van der Waals surface area contributed by atoms with Crippen LogP contribution < -0.4 is 5.54 Å². The maximum Gasteiger partial charge on any atom is 0.268 e. The first-order valence-electron chi connectivity index (χ1n) is 6.53. The molecule has 0 heterocycles. The van der Waals surface area contributed by atoms with Gasteiger partial charge in [-0.1, -0.05) is 18.7 Å². The minimum absolute atomic E-state index is 0.00172. The molecule has 2 atom stereocenters. The summed E-state index contributed by atoms with van der Waals surface area (Å²) < 4.78 is 43.2. The highest BCUT2D eigenvalue weighted by Crippen LogP contribution is 2.23. The van der Waals surface area contributed by atoms with Crippen molar-refractivity contribution in [2.75, 3.05) is 13.2 Å². The Morgan fingerprint density at radius 1 is 1.45 bits per heavy atom. The average Bonchev–Trinajstić information content (AvgIpc) is 2.35. The average molecular weight is 316 g/mol. The fourth-order valence-electron chi connectivity index (χ4n) is 1.22. The highest BCUT2D eigenvalue weighted by Gasteiger charge is 2.25. The first kappa shape index (κ1) is 19.5. The SMILES string of the molecule is CCCN=C(NF)S[C@H](CC[C@@H](C)O)OCC(C)(F)F. The van der Waals surface area contributed by atoms with E-state index in [0.29, 0.717) is 19.4 Å². The molecule has 0 radical (unpaired) electrons. The van der Waals surface area contributed by atoms with Crippen LogP contribution in [0.4, 0.5) is 13.3 Å². The van der Waals surface area contributed by atoms with E-state index in [4.69, 9.17) is 4.74 Å². The van der Waals surface area contributed by atoms with Crippen LogP contribution in [-0.2, 0) is 4.74 Å². The molecular weight excluding hydrogens is 293 g/mol. The minimum Gasteiger partial charge on any atom is -0.393 e. The second kappa shape index (κ2) is 10.3. The Labute approximate surface area is 122 Å². The molecule has 0 bridgehead atoms. The molecule has 0 rings (SSSR count). The number of rotatable bonds is 9. The molecule has 0 saturated heterocycles. The van der Waals surface area contributed by atoms with Crippen LogP contribution in [-0.4, -0.2) is 40.9 Å². The number of halogens is 3. The van der Waals surface area contributed by atoms with Gasteiger partial charge < -0.3 is 9.84 Å². The number of ether oxygens (including phenoxy) is 1. The van der Waals surface area contributed by atoms with Gasteiger partial charge in [-0.15, -0.1) is 4.48 Å². The lowest BCUT2D eigenvalue weighted by Gasteiger charge is -2.20. The first-order chi connectivity index (χ1) is 9.28. The standard InChI is InChI=1S/C12H23F3N2O2S/c1-4-7-16-11(17-15)20-10(6-5-9(2)18)19-8-12(3,13)14/h9-10,18H,4-8H2,1-3H3,(H,16,17)/t9-,10-/m1/s1. The number of aliphatic hydroxyl groups is 1. The Hall–Kier alpha value is -0.470. The summed E-state index contributed by atoms with van der Waals surface area (Å²) in [5, 5.41) is 9.23. The van der Waals surface area contributed by atoms with Gasteiger partial charge in [0, 0.05) is 13.5 Å². The van der Waals surface area contributed by atoms with E-state index in [9.17, 15) is 18.4 Å². The van der Waals surface area contributed by atoms with E-state index in [1.807, 2.05) is 6.92 Å². The Morgan fingerprint density at radius 2 is 2.10 bits per heavy atom. The molecule has 0 aromatic carbocycles. The van der Waals surface area contributed by atoms with Crippen molar-refractivity contribution < 1.29 is 23.1 Å². The zero-order valence-electron chi connectivity index (χ0n) is 12.0.